The number of urea groups is 1. The molecule has 0 bridgehead atoms. The highest BCUT2D eigenvalue weighted by atomic mass is 16.2. The lowest BCUT2D eigenvalue weighted by atomic mass is 10.1. The van der Waals surface area contributed by atoms with E-state index in [1.54, 1.807) is 0 Å². The Labute approximate surface area is 120 Å². The molecule has 0 atom stereocenters. The summed E-state index contributed by atoms with van der Waals surface area (Å²) in [5, 5.41) is 9.93. The number of hydrogen-bond acceptors (Lipinski definition) is 3. The molecule has 0 saturated heterocycles. The van der Waals surface area contributed by atoms with E-state index in [0.29, 0.717) is 12.0 Å². The van der Waals surface area contributed by atoms with Crippen LogP contribution in [0, 0.1) is 5.41 Å². The van der Waals surface area contributed by atoms with E-state index in [4.69, 9.17) is 0 Å². The summed E-state index contributed by atoms with van der Waals surface area (Å²) in [6.07, 6.45) is 5.14. The van der Waals surface area contributed by atoms with Gasteiger partial charge >= 0.3 is 6.03 Å². The average Bonchev–Trinajstić information content (AvgIpc) is 2.91. The molecule has 1 aromatic heterocycles. The van der Waals surface area contributed by atoms with Crippen molar-refractivity contribution in [3.63, 3.8) is 0 Å². The molecule has 1 fully saturated rings. The number of nitrogens with zero attached hydrogens (tertiary/aromatic N) is 3. The predicted octanol–water partition coefficient (Wildman–Crippen LogP) is 2.02. The third-order valence-corrected chi connectivity index (χ3v) is 3.78. The first kappa shape index (κ1) is 14.8. The zero-order chi connectivity index (χ0) is 14.8. The van der Waals surface area contributed by atoms with E-state index in [1.165, 1.54) is 19.2 Å². The van der Waals surface area contributed by atoms with Gasteiger partial charge in [0, 0.05) is 6.54 Å². The van der Waals surface area contributed by atoms with Crippen molar-refractivity contribution in [3.05, 3.63) is 12.2 Å². The smallest absolute Gasteiger partial charge is 0.315 e. The number of hydrogen-bond donors (Lipinski definition) is 2. The van der Waals surface area contributed by atoms with Crippen LogP contribution >= 0.6 is 0 Å². The lowest BCUT2D eigenvalue weighted by molar-refractivity contribution is 0.238. The summed E-state index contributed by atoms with van der Waals surface area (Å²) in [4.78, 5) is 15.9. The van der Waals surface area contributed by atoms with Crippen LogP contribution in [0.5, 0.6) is 0 Å². The van der Waals surface area contributed by atoms with E-state index in [0.717, 1.165) is 18.8 Å². The summed E-state index contributed by atoms with van der Waals surface area (Å²) in [6, 6.07) is -0.141. The molecule has 6 nitrogen and oxygen atoms in total. The van der Waals surface area contributed by atoms with Gasteiger partial charge < -0.3 is 10.6 Å². The van der Waals surface area contributed by atoms with Gasteiger partial charge in [-0.2, -0.15) is 5.10 Å². The highest BCUT2D eigenvalue weighted by Gasteiger charge is 2.36. The first-order chi connectivity index (χ1) is 9.30. The maximum atomic E-state index is 11.7. The monoisotopic (exact) mass is 279 g/mol. The van der Waals surface area contributed by atoms with Crippen LogP contribution in [0.4, 0.5) is 4.79 Å². The van der Waals surface area contributed by atoms with Crippen LogP contribution in [0.1, 0.15) is 52.8 Å². The topological polar surface area (TPSA) is 71.8 Å². The van der Waals surface area contributed by atoms with E-state index >= 15 is 0 Å². The summed E-state index contributed by atoms with van der Waals surface area (Å²) in [5.74, 6) is 0.766. The molecule has 20 heavy (non-hydrogen) atoms. The van der Waals surface area contributed by atoms with Crippen molar-refractivity contribution in [1.29, 1.82) is 0 Å². The van der Waals surface area contributed by atoms with Crippen molar-refractivity contribution in [1.82, 2.24) is 25.4 Å². The molecule has 0 aliphatic heterocycles. The zero-order valence-corrected chi connectivity index (χ0v) is 12.9. The molecule has 1 aromatic rings. The van der Waals surface area contributed by atoms with Crippen LogP contribution in [0.3, 0.4) is 0 Å². The predicted molar refractivity (Wildman–Crippen MR) is 77.2 cm³/mol. The van der Waals surface area contributed by atoms with Gasteiger partial charge in [0.05, 0.1) is 12.1 Å². The number of aromatic nitrogens is 3. The Morgan fingerprint density at radius 3 is 2.70 bits per heavy atom. The summed E-state index contributed by atoms with van der Waals surface area (Å²) < 4.78 is 1.83. The van der Waals surface area contributed by atoms with E-state index in [1.807, 2.05) is 4.68 Å². The van der Waals surface area contributed by atoms with Gasteiger partial charge in [-0.3, -0.25) is 0 Å². The highest BCUT2D eigenvalue weighted by molar-refractivity contribution is 5.73. The van der Waals surface area contributed by atoms with Gasteiger partial charge in [-0.05, 0) is 45.4 Å². The van der Waals surface area contributed by atoms with E-state index in [2.05, 4.69) is 48.4 Å². The van der Waals surface area contributed by atoms with Crippen molar-refractivity contribution in [3.8, 4) is 0 Å². The second-order valence-electron chi connectivity index (χ2n) is 6.93. The quantitative estimate of drug-likeness (QED) is 0.866. The first-order valence-corrected chi connectivity index (χ1v) is 7.21. The van der Waals surface area contributed by atoms with Gasteiger partial charge in [-0.15, -0.1) is 0 Å². The Balaban J connectivity index is 1.74. The molecular formula is C14H25N5O. The highest BCUT2D eigenvalue weighted by Crippen LogP contribution is 2.47. The fraction of sp³-hybridized carbons (Fsp3) is 0.786. The largest absolute Gasteiger partial charge is 0.338 e. The van der Waals surface area contributed by atoms with Crippen LogP contribution in [-0.4, -0.2) is 27.3 Å². The van der Waals surface area contributed by atoms with Crippen LogP contribution in [0.25, 0.3) is 0 Å². The molecule has 1 aliphatic rings. The van der Waals surface area contributed by atoms with Crippen LogP contribution in [0.15, 0.2) is 6.33 Å². The molecule has 1 heterocycles. The average molecular weight is 279 g/mol. The SMILES string of the molecule is CC1(CCNC(=O)NCc2ncnn2C(C)(C)C)CC1. The van der Waals surface area contributed by atoms with Crippen LogP contribution < -0.4 is 10.6 Å². The van der Waals surface area contributed by atoms with Gasteiger partial charge in [0.15, 0.2) is 0 Å². The summed E-state index contributed by atoms with van der Waals surface area (Å²) in [5.41, 5.74) is 0.338. The fourth-order valence-electron chi connectivity index (χ4n) is 2.11. The number of rotatable bonds is 5. The Hall–Kier alpha value is -1.59. The summed E-state index contributed by atoms with van der Waals surface area (Å²) >= 11 is 0. The molecule has 6 heteroatoms. The van der Waals surface area contributed by atoms with Crippen LogP contribution in [-0.2, 0) is 12.1 Å². The minimum atomic E-state index is -0.141. The van der Waals surface area contributed by atoms with Crippen LogP contribution in [0.2, 0.25) is 0 Å². The molecule has 112 valence electrons. The number of nitrogens with one attached hydrogen (secondary N) is 2. The number of carbonyl (C=O) groups excluding carboxylic acids is 1. The maximum absolute atomic E-state index is 11.7. The van der Waals surface area contributed by atoms with Gasteiger partial charge in [0.1, 0.15) is 12.2 Å². The molecule has 0 unspecified atom stereocenters. The zero-order valence-electron chi connectivity index (χ0n) is 12.9. The van der Waals surface area contributed by atoms with Gasteiger partial charge in [-0.1, -0.05) is 6.92 Å². The Kier molecular flexibility index (Phi) is 4.01. The Bertz CT molecular complexity index is 470. The Morgan fingerprint density at radius 2 is 2.10 bits per heavy atom. The van der Waals surface area contributed by atoms with Crippen molar-refractivity contribution in [2.45, 2.75) is 59.0 Å². The fourth-order valence-corrected chi connectivity index (χ4v) is 2.11. The minimum absolute atomic E-state index is 0.134. The second kappa shape index (κ2) is 5.42. The molecule has 1 saturated carbocycles. The number of carbonyl (C=O) groups is 1. The molecule has 2 rings (SSSR count). The van der Waals surface area contributed by atoms with E-state index < -0.39 is 0 Å². The lowest BCUT2D eigenvalue weighted by Crippen LogP contribution is -2.37. The van der Waals surface area contributed by atoms with E-state index in [-0.39, 0.29) is 11.6 Å². The third-order valence-electron chi connectivity index (χ3n) is 3.78. The summed E-state index contributed by atoms with van der Waals surface area (Å²) in [6.45, 7) is 9.55. The molecular weight excluding hydrogens is 254 g/mol. The third kappa shape index (κ3) is 3.95. The van der Waals surface area contributed by atoms with Gasteiger partial charge in [0.25, 0.3) is 0 Å². The van der Waals surface area contributed by atoms with Crippen molar-refractivity contribution in [2.24, 2.45) is 5.41 Å². The van der Waals surface area contributed by atoms with Crippen molar-refractivity contribution >= 4 is 6.03 Å². The molecule has 1 aliphatic carbocycles. The number of amides is 2. The van der Waals surface area contributed by atoms with Gasteiger partial charge in [0.2, 0.25) is 0 Å². The van der Waals surface area contributed by atoms with Crippen molar-refractivity contribution < 1.29 is 4.79 Å². The molecule has 2 N–H and O–H groups in total. The van der Waals surface area contributed by atoms with E-state index in [9.17, 15) is 4.79 Å². The molecule has 2 amide bonds. The standard InChI is InChI=1S/C14H25N5O/c1-13(2,3)19-11(17-10-18-19)9-16-12(20)15-8-7-14(4)5-6-14/h10H,5-9H2,1-4H3,(H2,15,16,20). The molecule has 0 spiro atoms. The maximum Gasteiger partial charge on any atom is 0.315 e. The normalized spacial score (nSPS) is 16.8. The van der Waals surface area contributed by atoms with Gasteiger partial charge in [-0.25, -0.2) is 14.5 Å². The first-order valence-electron chi connectivity index (χ1n) is 7.21. The van der Waals surface area contributed by atoms with Crippen molar-refractivity contribution in [2.75, 3.05) is 6.54 Å². The second-order valence-corrected chi connectivity index (χ2v) is 6.93. The Morgan fingerprint density at radius 1 is 1.40 bits per heavy atom. The summed E-state index contributed by atoms with van der Waals surface area (Å²) in [7, 11) is 0. The molecule has 0 radical (unpaired) electrons. The lowest BCUT2D eigenvalue weighted by Gasteiger charge is -2.21. The molecule has 0 aromatic carbocycles. The minimum Gasteiger partial charge on any atom is -0.338 e.